The Morgan fingerprint density at radius 1 is 1.08 bits per heavy atom. The lowest BCUT2D eigenvalue weighted by Crippen LogP contribution is -2.58. The van der Waals surface area contributed by atoms with Gasteiger partial charge in [0.15, 0.2) is 0 Å². The van der Waals surface area contributed by atoms with Gasteiger partial charge in [-0.1, -0.05) is 59.1 Å². The molecule has 0 bridgehead atoms. The van der Waals surface area contributed by atoms with E-state index in [0.717, 1.165) is 19.3 Å². The third kappa shape index (κ3) is 3.72. The monoisotopic (exact) mass is 562 g/mol. The summed E-state index contributed by atoms with van der Waals surface area (Å²) in [7, 11) is -3.86. The maximum atomic E-state index is 14.0. The summed E-state index contributed by atoms with van der Waals surface area (Å²) in [6.45, 7) is 14.4. The Bertz CT molecular complexity index is 1220. The van der Waals surface area contributed by atoms with Crippen LogP contribution >= 0.6 is 0 Å². The van der Waals surface area contributed by atoms with Crippen LogP contribution in [-0.4, -0.2) is 60.0 Å². The largest absolute Gasteiger partial charge is 0.340 e. The number of sulfonamides is 1. The highest BCUT2D eigenvalue weighted by molar-refractivity contribution is 7.91. The number of hydrogen-bond acceptors (Lipinski definition) is 6. The summed E-state index contributed by atoms with van der Waals surface area (Å²) in [6.07, 6.45) is 7.16. The van der Waals surface area contributed by atoms with Crippen molar-refractivity contribution in [2.45, 2.75) is 121 Å². The number of hydrogen-bond donors (Lipinski definition) is 3. The minimum atomic E-state index is -3.86. The Morgan fingerprint density at radius 3 is 2.15 bits per heavy atom. The van der Waals surface area contributed by atoms with Gasteiger partial charge in [-0.25, -0.2) is 8.42 Å². The van der Waals surface area contributed by atoms with Crippen molar-refractivity contribution < 1.29 is 22.8 Å². The normalized spacial score (nSPS) is 35.2. The van der Waals surface area contributed by atoms with Gasteiger partial charge in [-0.15, -0.1) is 0 Å². The average Bonchev–Trinajstić information content (AvgIpc) is 3.76. The van der Waals surface area contributed by atoms with E-state index in [4.69, 9.17) is 5.73 Å². The molecule has 0 aromatic carbocycles. The van der Waals surface area contributed by atoms with Gasteiger partial charge in [-0.05, 0) is 68.6 Å². The zero-order valence-corrected chi connectivity index (χ0v) is 25.0. The van der Waals surface area contributed by atoms with Crippen LogP contribution in [0.5, 0.6) is 0 Å². The van der Waals surface area contributed by atoms with Crippen LogP contribution in [0.3, 0.4) is 0 Å². The second-order valence-electron chi connectivity index (χ2n) is 13.8. The maximum Gasteiger partial charge on any atom is 0.259 e. The van der Waals surface area contributed by atoms with Crippen molar-refractivity contribution in [1.29, 1.82) is 0 Å². The number of nitrogens with zero attached hydrogens (tertiary/aromatic N) is 1. The van der Waals surface area contributed by atoms with Crippen molar-refractivity contribution in [2.75, 3.05) is 6.54 Å². The van der Waals surface area contributed by atoms with Gasteiger partial charge >= 0.3 is 0 Å². The number of carbonyl (C=O) groups excluding carboxylic acids is 3. The van der Waals surface area contributed by atoms with E-state index in [9.17, 15) is 22.8 Å². The molecule has 3 amide bonds. The molecule has 5 atom stereocenters. The van der Waals surface area contributed by atoms with E-state index >= 15 is 0 Å². The van der Waals surface area contributed by atoms with Gasteiger partial charge in [0.2, 0.25) is 21.8 Å². The van der Waals surface area contributed by atoms with Crippen molar-refractivity contribution in [3.8, 4) is 0 Å². The van der Waals surface area contributed by atoms with E-state index in [0.29, 0.717) is 57.1 Å². The van der Waals surface area contributed by atoms with Crippen LogP contribution in [0.4, 0.5) is 0 Å². The molecule has 0 aromatic heterocycles. The summed E-state index contributed by atoms with van der Waals surface area (Å²) in [4.78, 5) is 42.7. The van der Waals surface area contributed by atoms with E-state index < -0.39 is 44.2 Å². The summed E-state index contributed by atoms with van der Waals surface area (Å²) >= 11 is 0. The molecule has 1 saturated heterocycles. The number of fused-ring (bicyclic) bond motifs is 1. The number of nitrogens with one attached hydrogen (secondary N) is 2. The molecule has 218 valence electrons. The molecule has 4 saturated carbocycles. The summed E-state index contributed by atoms with van der Waals surface area (Å²) < 4.78 is 27.8. The van der Waals surface area contributed by atoms with E-state index in [1.165, 1.54) is 0 Å². The zero-order chi connectivity index (χ0) is 28.8. The van der Waals surface area contributed by atoms with Gasteiger partial charge in [0.25, 0.3) is 5.91 Å². The lowest BCUT2D eigenvalue weighted by Gasteiger charge is -2.32. The molecule has 1 heterocycles. The Kier molecular flexibility index (Phi) is 6.43. The fourth-order valence-corrected chi connectivity index (χ4v) is 10.4. The van der Waals surface area contributed by atoms with E-state index in [2.05, 4.69) is 30.5 Å². The van der Waals surface area contributed by atoms with Crippen molar-refractivity contribution in [2.24, 2.45) is 27.9 Å². The number of likely N-dealkylation sites (tertiary alicyclic amines) is 1. The van der Waals surface area contributed by atoms with Gasteiger partial charge < -0.3 is 16.0 Å². The molecule has 10 heteroatoms. The van der Waals surface area contributed by atoms with Gasteiger partial charge in [0.1, 0.15) is 17.6 Å². The van der Waals surface area contributed by atoms with Crippen LogP contribution in [0.25, 0.3) is 0 Å². The van der Waals surface area contributed by atoms with Crippen LogP contribution in [-0.2, 0) is 24.4 Å². The molecule has 4 aliphatic carbocycles. The molecule has 1 aliphatic heterocycles. The third-order valence-electron chi connectivity index (χ3n) is 11.9. The number of carbonyl (C=O) groups is 3. The minimum absolute atomic E-state index is 0.00827. The van der Waals surface area contributed by atoms with Crippen molar-refractivity contribution >= 4 is 27.7 Å². The predicted molar refractivity (Wildman–Crippen MR) is 149 cm³/mol. The van der Waals surface area contributed by atoms with Gasteiger partial charge in [-0.3, -0.25) is 19.1 Å². The van der Waals surface area contributed by atoms with Crippen LogP contribution < -0.4 is 15.8 Å². The van der Waals surface area contributed by atoms with Crippen LogP contribution in [0.15, 0.2) is 12.2 Å². The first kappa shape index (κ1) is 28.6. The summed E-state index contributed by atoms with van der Waals surface area (Å²) in [5.41, 5.74) is 5.40. The number of nitrogens with two attached hydrogens (primary N) is 1. The van der Waals surface area contributed by atoms with Crippen molar-refractivity contribution in [1.82, 2.24) is 14.9 Å². The molecule has 5 aliphatic rings. The summed E-state index contributed by atoms with van der Waals surface area (Å²) in [5.74, 6) is -1.54. The molecule has 5 fully saturated rings. The van der Waals surface area contributed by atoms with Crippen LogP contribution in [0, 0.1) is 22.2 Å². The minimum Gasteiger partial charge on any atom is -0.340 e. The van der Waals surface area contributed by atoms with Crippen molar-refractivity contribution in [3.63, 3.8) is 0 Å². The fraction of sp³-hybridized carbons (Fsp3) is 0.828. The molecule has 0 unspecified atom stereocenters. The van der Waals surface area contributed by atoms with Crippen LogP contribution in [0.1, 0.15) is 98.8 Å². The highest BCUT2D eigenvalue weighted by atomic mass is 32.2. The highest BCUT2D eigenvalue weighted by Crippen LogP contribution is 2.88. The van der Waals surface area contributed by atoms with Crippen molar-refractivity contribution in [3.05, 3.63) is 12.2 Å². The first-order chi connectivity index (χ1) is 18.1. The van der Waals surface area contributed by atoms with Gasteiger partial charge in [0, 0.05) is 12.0 Å². The Morgan fingerprint density at radius 2 is 1.72 bits per heavy atom. The molecule has 5 rings (SSSR count). The smallest absolute Gasteiger partial charge is 0.259 e. The van der Waals surface area contributed by atoms with Gasteiger partial charge in [-0.2, -0.15) is 0 Å². The predicted octanol–water partition coefficient (Wildman–Crippen LogP) is 2.75. The lowest BCUT2D eigenvalue weighted by molar-refractivity contribution is -0.140. The molecule has 9 nitrogen and oxygen atoms in total. The molecule has 0 aromatic rings. The van der Waals surface area contributed by atoms with E-state index in [1.54, 1.807) is 11.8 Å². The summed E-state index contributed by atoms with van der Waals surface area (Å²) in [5, 5.41) is 2.97. The quantitative estimate of drug-likeness (QED) is 0.350. The standard InChI is InChI=1S/C29H46N4O5S/c1-7-10-26(13-14-26)39(37,38)32-24(36)29(15-19(29)8-2)31-22(34)20-16-28(25(5,6)27(28)11-9-12-27)17-33(20)23(35)21(30)18(3)4/h19-21H,3,7-17,30H2,1-2,4-6H3,(H,31,34)(H,32,36)/t19-,20+,21+,28-,29-/m1/s1. The molecular formula is C29H46N4O5S. The molecule has 0 radical (unpaired) electrons. The maximum absolute atomic E-state index is 14.0. The van der Waals surface area contributed by atoms with E-state index in [-0.39, 0.29) is 28.1 Å². The first-order valence-corrected chi connectivity index (χ1v) is 16.2. The topological polar surface area (TPSA) is 139 Å². The highest BCUT2D eigenvalue weighted by Gasteiger charge is 2.85. The first-order valence-electron chi connectivity index (χ1n) is 14.7. The molecule has 4 N–H and O–H groups in total. The average molecular weight is 563 g/mol. The van der Waals surface area contributed by atoms with Crippen LogP contribution in [0.2, 0.25) is 0 Å². The Balaban J connectivity index is 1.39. The Labute approximate surface area is 233 Å². The third-order valence-corrected chi connectivity index (χ3v) is 14.1. The lowest BCUT2D eigenvalue weighted by atomic mass is 9.73. The zero-order valence-electron chi connectivity index (χ0n) is 24.2. The van der Waals surface area contributed by atoms with Gasteiger partial charge in [0.05, 0.1) is 4.75 Å². The molecule has 2 spiro atoms. The molecular weight excluding hydrogens is 516 g/mol. The molecule has 39 heavy (non-hydrogen) atoms. The second-order valence-corrected chi connectivity index (χ2v) is 15.9. The second kappa shape index (κ2) is 8.78. The fourth-order valence-electron chi connectivity index (χ4n) is 8.64. The summed E-state index contributed by atoms with van der Waals surface area (Å²) in [6, 6.07) is -1.67. The SMILES string of the molecule is C=C(C)[C@H](N)C(=O)N1C[C@]2(C[C@H]1C(=O)N[C@]1(C(=O)NS(=O)(=O)C3(CCC)CC3)C[C@H]1CC)C(C)(C)C21CCC1. The Hall–Kier alpha value is -1.94. The number of amides is 3. The van der Waals surface area contributed by atoms with E-state index in [1.807, 2.05) is 13.8 Å². The number of rotatable bonds is 10.